The molecule has 13 heteroatoms. The molecule has 2 aliphatic heterocycles. The van der Waals surface area contributed by atoms with E-state index in [9.17, 15) is 40.2 Å². The highest BCUT2D eigenvalue weighted by Gasteiger charge is 2.53. The minimum absolute atomic E-state index is 0.0622. The lowest BCUT2D eigenvalue weighted by Gasteiger charge is -2.46. The van der Waals surface area contributed by atoms with Crippen molar-refractivity contribution < 1.29 is 63.9 Å². The summed E-state index contributed by atoms with van der Waals surface area (Å²) in [5.41, 5.74) is 0. The van der Waals surface area contributed by atoms with Crippen molar-refractivity contribution in [3.05, 3.63) is 0 Å². The Bertz CT molecular complexity index is 750. The molecule has 2 saturated heterocycles. The predicted molar refractivity (Wildman–Crippen MR) is 143 cm³/mol. The first-order valence-corrected chi connectivity index (χ1v) is 15.0. The number of carbonyl (C=O) groups excluding carboxylic acids is 2. The van der Waals surface area contributed by atoms with Gasteiger partial charge in [-0.1, -0.05) is 65.2 Å². The van der Waals surface area contributed by atoms with Gasteiger partial charge >= 0.3 is 11.9 Å². The van der Waals surface area contributed by atoms with Gasteiger partial charge in [0.15, 0.2) is 12.4 Å². The summed E-state index contributed by atoms with van der Waals surface area (Å²) in [5.74, 6) is -1.27. The van der Waals surface area contributed by atoms with E-state index in [0.29, 0.717) is 12.8 Å². The van der Waals surface area contributed by atoms with Crippen LogP contribution in [0.3, 0.4) is 0 Å². The van der Waals surface area contributed by atoms with Crippen molar-refractivity contribution in [2.24, 2.45) is 0 Å². The van der Waals surface area contributed by atoms with Gasteiger partial charge in [-0.15, -0.1) is 0 Å². The number of esters is 2. The van der Waals surface area contributed by atoms with Crippen LogP contribution in [0.1, 0.15) is 90.9 Å². The zero-order valence-corrected chi connectivity index (χ0v) is 24.2. The fourth-order valence-corrected chi connectivity index (χ4v) is 4.91. The quantitative estimate of drug-likeness (QED) is 0.0943. The second-order valence-corrected chi connectivity index (χ2v) is 10.8. The van der Waals surface area contributed by atoms with Crippen molar-refractivity contribution in [1.82, 2.24) is 0 Å². The molecular weight excluding hydrogens is 544 g/mol. The summed E-state index contributed by atoms with van der Waals surface area (Å²) < 4.78 is 27.7. The summed E-state index contributed by atoms with van der Waals surface area (Å²) in [4.78, 5) is 25.3. The average Bonchev–Trinajstić information content (AvgIpc) is 2.95. The molecule has 0 saturated carbocycles. The fraction of sp³-hybridized carbons (Fsp3) is 0.929. The third-order valence-electron chi connectivity index (χ3n) is 7.42. The minimum Gasteiger partial charge on any atom is -0.453 e. The maximum atomic E-state index is 12.7. The molecule has 0 bridgehead atoms. The highest BCUT2D eigenvalue weighted by Crippen LogP contribution is 2.31. The van der Waals surface area contributed by atoms with Crippen molar-refractivity contribution in [1.29, 1.82) is 0 Å². The minimum atomic E-state index is -1.79. The molecule has 240 valence electrons. The fourth-order valence-electron chi connectivity index (χ4n) is 4.91. The van der Waals surface area contributed by atoms with Crippen LogP contribution in [-0.4, -0.2) is 117 Å². The van der Waals surface area contributed by atoms with Gasteiger partial charge < -0.3 is 54.3 Å². The standard InChI is InChI=1S/C28H50O13/c1-3-5-7-9-11-13-19(31)39-26-24(36)25(41-27-23(35)22(34)21(33)17(15-29)37-27)18(16-30)38-28(26)40-20(32)14-12-10-8-6-4-2/h17-18,21-30,33-36H,3-16H2,1-2H3/t17-,18-,21-,22+,23-,24+,25-,26-,27-,28+/m1/s1. The molecule has 0 radical (unpaired) electrons. The van der Waals surface area contributed by atoms with Gasteiger partial charge in [-0.2, -0.15) is 0 Å². The van der Waals surface area contributed by atoms with Crippen molar-refractivity contribution in [2.75, 3.05) is 13.2 Å². The molecule has 2 rings (SSSR count). The summed E-state index contributed by atoms with van der Waals surface area (Å²) >= 11 is 0. The van der Waals surface area contributed by atoms with E-state index in [1.807, 2.05) is 0 Å². The number of ether oxygens (including phenoxy) is 5. The van der Waals surface area contributed by atoms with Gasteiger partial charge in [-0.3, -0.25) is 9.59 Å². The number of carbonyl (C=O) groups is 2. The van der Waals surface area contributed by atoms with Crippen LogP contribution in [0.25, 0.3) is 0 Å². The highest BCUT2D eigenvalue weighted by atomic mass is 16.8. The molecule has 0 unspecified atom stereocenters. The summed E-state index contributed by atoms with van der Waals surface area (Å²) in [7, 11) is 0. The normalized spacial score (nSPS) is 33.9. The monoisotopic (exact) mass is 594 g/mol. The van der Waals surface area contributed by atoms with Crippen LogP contribution in [0, 0.1) is 0 Å². The summed E-state index contributed by atoms with van der Waals surface area (Å²) in [6.45, 7) is 2.74. The van der Waals surface area contributed by atoms with E-state index in [-0.39, 0.29) is 12.8 Å². The first kappa shape index (κ1) is 35.8. The Balaban J connectivity index is 2.14. The van der Waals surface area contributed by atoms with Crippen LogP contribution in [0.4, 0.5) is 0 Å². The number of rotatable bonds is 18. The molecule has 2 fully saturated rings. The number of aliphatic hydroxyl groups is 6. The van der Waals surface area contributed by atoms with E-state index in [1.165, 1.54) is 0 Å². The molecule has 0 amide bonds. The Morgan fingerprint density at radius 2 is 1.10 bits per heavy atom. The van der Waals surface area contributed by atoms with Crippen molar-refractivity contribution >= 4 is 11.9 Å². The summed E-state index contributed by atoms with van der Waals surface area (Å²) in [5, 5.41) is 61.3. The molecule has 2 aliphatic rings. The molecule has 6 N–H and O–H groups in total. The van der Waals surface area contributed by atoms with E-state index in [4.69, 9.17) is 23.7 Å². The Kier molecular flexibility index (Phi) is 16.6. The van der Waals surface area contributed by atoms with Crippen LogP contribution in [0.2, 0.25) is 0 Å². The Labute approximate surface area is 241 Å². The van der Waals surface area contributed by atoms with Gasteiger partial charge in [-0.25, -0.2) is 0 Å². The van der Waals surface area contributed by atoms with E-state index >= 15 is 0 Å². The lowest BCUT2D eigenvalue weighted by molar-refractivity contribution is -0.356. The van der Waals surface area contributed by atoms with E-state index in [1.54, 1.807) is 0 Å². The highest BCUT2D eigenvalue weighted by molar-refractivity contribution is 5.70. The molecule has 0 aromatic carbocycles. The first-order chi connectivity index (χ1) is 19.7. The molecule has 10 atom stereocenters. The third kappa shape index (κ3) is 11.0. The SMILES string of the molecule is CCCCCCCC(=O)O[C@@H]1O[C@H](CO)[C@@H](O[C@H]2O[C@H](CO)[C@@H](O)[C@H](O)[C@H]2O)[C@H](O)[C@H]1OC(=O)CCCCCCC. The van der Waals surface area contributed by atoms with Gasteiger partial charge in [0.2, 0.25) is 6.29 Å². The largest absolute Gasteiger partial charge is 0.453 e. The lowest BCUT2D eigenvalue weighted by atomic mass is 9.96. The van der Waals surface area contributed by atoms with Gasteiger partial charge in [0.25, 0.3) is 0 Å². The van der Waals surface area contributed by atoms with Gasteiger partial charge in [0.05, 0.1) is 13.2 Å². The molecule has 0 aromatic heterocycles. The van der Waals surface area contributed by atoms with Crippen molar-refractivity contribution in [3.8, 4) is 0 Å². The number of hydrogen-bond donors (Lipinski definition) is 6. The maximum absolute atomic E-state index is 12.7. The first-order valence-electron chi connectivity index (χ1n) is 15.0. The second-order valence-electron chi connectivity index (χ2n) is 10.8. The molecule has 0 aliphatic carbocycles. The van der Waals surface area contributed by atoms with Crippen LogP contribution in [-0.2, 0) is 33.3 Å². The molecular formula is C28H50O13. The van der Waals surface area contributed by atoms with Crippen LogP contribution < -0.4 is 0 Å². The van der Waals surface area contributed by atoms with E-state index < -0.39 is 86.6 Å². The lowest BCUT2D eigenvalue weighted by Crippen LogP contribution is -2.65. The smallest absolute Gasteiger partial charge is 0.308 e. The molecule has 0 spiro atoms. The predicted octanol–water partition coefficient (Wildman–Crippen LogP) is 0.426. The molecule has 2 heterocycles. The number of aliphatic hydroxyl groups excluding tert-OH is 6. The number of hydrogen-bond acceptors (Lipinski definition) is 13. The summed E-state index contributed by atoms with van der Waals surface area (Å²) in [6.07, 6.45) is -6.57. The third-order valence-corrected chi connectivity index (χ3v) is 7.42. The Morgan fingerprint density at radius 1 is 0.585 bits per heavy atom. The second kappa shape index (κ2) is 19.0. The molecule has 0 aromatic rings. The molecule has 13 nitrogen and oxygen atoms in total. The van der Waals surface area contributed by atoms with E-state index in [0.717, 1.165) is 51.4 Å². The number of unbranched alkanes of at least 4 members (excludes halogenated alkanes) is 8. The summed E-state index contributed by atoms with van der Waals surface area (Å²) in [6, 6.07) is 0. The topological polar surface area (TPSA) is 202 Å². The zero-order chi connectivity index (χ0) is 30.4. The van der Waals surface area contributed by atoms with Gasteiger partial charge in [0.1, 0.15) is 42.7 Å². The van der Waals surface area contributed by atoms with Gasteiger partial charge in [0, 0.05) is 12.8 Å². The van der Waals surface area contributed by atoms with Gasteiger partial charge in [-0.05, 0) is 12.8 Å². The van der Waals surface area contributed by atoms with E-state index in [2.05, 4.69) is 13.8 Å². The molecule has 41 heavy (non-hydrogen) atoms. The zero-order valence-electron chi connectivity index (χ0n) is 24.2. The van der Waals surface area contributed by atoms with Crippen molar-refractivity contribution in [3.63, 3.8) is 0 Å². The van der Waals surface area contributed by atoms with Crippen molar-refractivity contribution in [2.45, 2.75) is 152 Å². The average molecular weight is 595 g/mol. The van der Waals surface area contributed by atoms with Crippen LogP contribution in [0.5, 0.6) is 0 Å². The Hall–Kier alpha value is -1.42. The maximum Gasteiger partial charge on any atom is 0.308 e. The Morgan fingerprint density at radius 3 is 1.63 bits per heavy atom. The van der Waals surface area contributed by atoms with Crippen LogP contribution >= 0.6 is 0 Å². The van der Waals surface area contributed by atoms with Crippen LogP contribution in [0.15, 0.2) is 0 Å².